The van der Waals surface area contributed by atoms with Gasteiger partial charge < -0.3 is 24.8 Å². The first-order valence-corrected chi connectivity index (χ1v) is 7.72. The van der Waals surface area contributed by atoms with Crippen molar-refractivity contribution in [2.45, 2.75) is 19.4 Å². The summed E-state index contributed by atoms with van der Waals surface area (Å²) in [7, 11) is 0. The summed E-state index contributed by atoms with van der Waals surface area (Å²) in [5.74, 6) is 0.0786. The van der Waals surface area contributed by atoms with E-state index in [1.165, 1.54) is 0 Å². The molecule has 2 aliphatic heterocycles. The Morgan fingerprint density at radius 3 is 2.74 bits per heavy atom. The number of benzene rings is 1. The summed E-state index contributed by atoms with van der Waals surface area (Å²) >= 11 is 0. The summed E-state index contributed by atoms with van der Waals surface area (Å²) in [4.78, 5) is 24.8. The normalized spacial score (nSPS) is 20.9. The maximum absolute atomic E-state index is 12.3. The van der Waals surface area contributed by atoms with E-state index in [-0.39, 0.29) is 18.6 Å². The Morgan fingerprint density at radius 2 is 2.04 bits per heavy atom. The van der Waals surface area contributed by atoms with Gasteiger partial charge in [0.15, 0.2) is 11.5 Å². The molecule has 0 bridgehead atoms. The first kappa shape index (κ1) is 15.5. The van der Waals surface area contributed by atoms with Crippen molar-refractivity contribution in [2.24, 2.45) is 5.92 Å². The van der Waals surface area contributed by atoms with Gasteiger partial charge in [-0.05, 0) is 31.0 Å². The highest BCUT2D eigenvalue weighted by Crippen LogP contribution is 2.32. The molecule has 0 aliphatic carbocycles. The van der Waals surface area contributed by atoms with Gasteiger partial charge in [0.2, 0.25) is 0 Å². The molecular formula is C16H20N2O5. The minimum Gasteiger partial charge on any atom is -0.486 e. The molecule has 0 radical (unpaired) electrons. The number of carbonyl (C=O) groups is 2. The van der Waals surface area contributed by atoms with Crippen LogP contribution in [0.2, 0.25) is 0 Å². The van der Waals surface area contributed by atoms with Crippen molar-refractivity contribution in [3.05, 3.63) is 23.8 Å². The van der Waals surface area contributed by atoms with Crippen LogP contribution in [-0.2, 0) is 4.79 Å². The highest BCUT2D eigenvalue weighted by molar-refractivity contribution is 5.77. The SMILES string of the molecule is CC(NC(=O)N1CCC(C(=O)O)C1)c1ccc2c(c1)OCCO2. The molecule has 1 aromatic carbocycles. The number of rotatable bonds is 3. The van der Waals surface area contributed by atoms with E-state index in [1.54, 1.807) is 4.90 Å². The predicted octanol–water partition coefficient (Wildman–Crippen LogP) is 1.63. The van der Waals surface area contributed by atoms with Crippen LogP contribution in [0.5, 0.6) is 11.5 Å². The standard InChI is InChI=1S/C16H20N2O5/c1-10(11-2-3-13-14(8-11)23-7-6-22-13)17-16(21)18-5-4-12(9-18)15(19)20/h2-3,8,10,12H,4-7,9H2,1H3,(H,17,21)(H,19,20). The van der Waals surface area contributed by atoms with E-state index in [0.717, 1.165) is 5.56 Å². The van der Waals surface area contributed by atoms with Crippen LogP contribution >= 0.6 is 0 Å². The van der Waals surface area contributed by atoms with Gasteiger partial charge in [-0.15, -0.1) is 0 Å². The Morgan fingerprint density at radius 1 is 1.30 bits per heavy atom. The Balaban J connectivity index is 1.61. The second-order valence-electron chi connectivity index (χ2n) is 5.84. The molecule has 3 rings (SSSR count). The molecule has 7 nitrogen and oxygen atoms in total. The molecule has 0 saturated carbocycles. The average Bonchev–Trinajstić information content (AvgIpc) is 3.04. The molecule has 1 fully saturated rings. The second-order valence-corrected chi connectivity index (χ2v) is 5.84. The monoisotopic (exact) mass is 320 g/mol. The van der Waals surface area contributed by atoms with Crippen molar-refractivity contribution in [3.8, 4) is 11.5 Å². The molecule has 2 N–H and O–H groups in total. The summed E-state index contributed by atoms with van der Waals surface area (Å²) in [6.45, 7) is 3.67. The molecule has 124 valence electrons. The molecule has 23 heavy (non-hydrogen) atoms. The zero-order chi connectivity index (χ0) is 16.4. The molecule has 2 atom stereocenters. The van der Waals surface area contributed by atoms with Crippen molar-refractivity contribution in [1.29, 1.82) is 0 Å². The third kappa shape index (κ3) is 3.33. The number of carbonyl (C=O) groups excluding carboxylic acids is 1. The average molecular weight is 320 g/mol. The number of aliphatic carboxylic acids is 1. The number of fused-ring (bicyclic) bond motifs is 1. The van der Waals surface area contributed by atoms with Gasteiger partial charge in [0.05, 0.1) is 12.0 Å². The van der Waals surface area contributed by atoms with Gasteiger partial charge in [-0.2, -0.15) is 0 Å². The minimum absolute atomic E-state index is 0.206. The van der Waals surface area contributed by atoms with E-state index in [1.807, 2.05) is 25.1 Å². The van der Waals surface area contributed by atoms with Crippen LogP contribution in [-0.4, -0.2) is 48.3 Å². The summed E-state index contributed by atoms with van der Waals surface area (Å²) in [6.07, 6.45) is 0.501. The van der Waals surface area contributed by atoms with E-state index < -0.39 is 11.9 Å². The lowest BCUT2D eigenvalue weighted by Gasteiger charge is -2.23. The fourth-order valence-corrected chi connectivity index (χ4v) is 2.84. The Kier molecular flexibility index (Phi) is 4.27. The summed E-state index contributed by atoms with van der Waals surface area (Å²) in [6, 6.07) is 5.15. The van der Waals surface area contributed by atoms with Crippen LogP contribution in [0.25, 0.3) is 0 Å². The first-order valence-electron chi connectivity index (χ1n) is 7.72. The minimum atomic E-state index is -0.847. The molecule has 2 aliphatic rings. The Labute approximate surface area is 134 Å². The topological polar surface area (TPSA) is 88.1 Å². The number of carboxylic acid groups (broad SMARTS) is 1. The number of hydrogen-bond acceptors (Lipinski definition) is 4. The van der Waals surface area contributed by atoms with Crippen LogP contribution in [0.3, 0.4) is 0 Å². The van der Waals surface area contributed by atoms with Crippen molar-refractivity contribution < 1.29 is 24.2 Å². The number of likely N-dealkylation sites (tertiary alicyclic amines) is 1. The molecule has 0 aromatic heterocycles. The molecule has 2 heterocycles. The number of ether oxygens (including phenoxy) is 2. The van der Waals surface area contributed by atoms with Gasteiger partial charge in [-0.25, -0.2) is 4.79 Å². The van der Waals surface area contributed by atoms with Gasteiger partial charge in [-0.3, -0.25) is 4.79 Å². The smallest absolute Gasteiger partial charge is 0.317 e. The van der Waals surface area contributed by atoms with Crippen LogP contribution in [0.1, 0.15) is 24.9 Å². The number of urea groups is 1. The van der Waals surface area contributed by atoms with Gasteiger partial charge in [0.25, 0.3) is 0 Å². The second kappa shape index (κ2) is 6.36. The fraction of sp³-hybridized carbons (Fsp3) is 0.500. The molecule has 2 unspecified atom stereocenters. The predicted molar refractivity (Wildman–Crippen MR) is 81.7 cm³/mol. The summed E-state index contributed by atoms with van der Waals surface area (Å²) in [5, 5.41) is 11.9. The lowest BCUT2D eigenvalue weighted by atomic mass is 10.1. The molecule has 0 spiro atoms. The first-order chi connectivity index (χ1) is 11.0. The maximum atomic E-state index is 12.3. The number of nitrogens with zero attached hydrogens (tertiary/aromatic N) is 1. The van der Waals surface area contributed by atoms with Crippen LogP contribution in [0.4, 0.5) is 4.79 Å². The number of amides is 2. The molecule has 1 saturated heterocycles. The number of carboxylic acids is 1. The van der Waals surface area contributed by atoms with Crippen LogP contribution in [0.15, 0.2) is 18.2 Å². The third-order valence-electron chi connectivity index (χ3n) is 4.23. The highest BCUT2D eigenvalue weighted by Gasteiger charge is 2.31. The van der Waals surface area contributed by atoms with Gasteiger partial charge in [-0.1, -0.05) is 6.07 Å². The number of nitrogens with one attached hydrogen (secondary N) is 1. The molecule has 1 aromatic rings. The van der Waals surface area contributed by atoms with Crippen molar-refractivity contribution >= 4 is 12.0 Å². The van der Waals surface area contributed by atoms with Crippen molar-refractivity contribution in [2.75, 3.05) is 26.3 Å². The van der Waals surface area contributed by atoms with Gasteiger partial charge in [0.1, 0.15) is 13.2 Å². The Hall–Kier alpha value is -2.44. The van der Waals surface area contributed by atoms with Gasteiger partial charge in [0, 0.05) is 13.1 Å². The van der Waals surface area contributed by atoms with E-state index in [9.17, 15) is 9.59 Å². The largest absolute Gasteiger partial charge is 0.486 e. The number of hydrogen-bond donors (Lipinski definition) is 2. The highest BCUT2D eigenvalue weighted by atomic mass is 16.6. The summed E-state index contributed by atoms with van der Waals surface area (Å²) < 4.78 is 11.0. The lowest BCUT2D eigenvalue weighted by Crippen LogP contribution is -2.40. The zero-order valence-corrected chi connectivity index (χ0v) is 12.9. The molecule has 7 heteroatoms. The maximum Gasteiger partial charge on any atom is 0.317 e. The van der Waals surface area contributed by atoms with Crippen molar-refractivity contribution in [1.82, 2.24) is 10.2 Å². The summed E-state index contributed by atoms with van der Waals surface area (Å²) in [5.41, 5.74) is 0.914. The van der Waals surface area contributed by atoms with Crippen LogP contribution in [0, 0.1) is 5.92 Å². The molecule has 2 amide bonds. The van der Waals surface area contributed by atoms with E-state index in [0.29, 0.717) is 37.7 Å². The zero-order valence-electron chi connectivity index (χ0n) is 12.9. The van der Waals surface area contributed by atoms with Crippen LogP contribution < -0.4 is 14.8 Å². The van der Waals surface area contributed by atoms with E-state index in [2.05, 4.69) is 5.32 Å². The van der Waals surface area contributed by atoms with E-state index in [4.69, 9.17) is 14.6 Å². The lowest BCUT2D eigenvalue weighted by molar-refractivity contribution is -0.141. The van der Waals surface area contributed by atoms with Gasteiger partial charge >= 0.3 is 12.0 Å². The van der Waals surface area contributed by atoms with E-state index >= 15 is 0 Å². The quantitative estimate of drug-likeness (QED) is 0.884. The Bertz CT molecular complexity index is 618. The third-order valence-corrected chi connectivity index (χ3v) is 4.23. The fourth-order valence-electron chi connectivity index (χ4n) is 2.84. The molecular weight excluding hydrogens is 300 g/mol. The van der Waals surface area contributed by atoms with Crippen molar-refractivity contribution in [3.63, 3.8) is 0 Å².